The van der Waals surface area contributed by atoms with Crippen molar-refractivity contribution in [3.63, 3.8) is 0 Å². The molecule has 0 aromatic heterocycles. The fourth-order valence-corrected chi connectivity index (χ4v) is 1.82. The number of hydrogen-bond donors (Lipinski definition) is 1. The van der Waals surface area contributed by atoms with Crippen LogP contribution in [0.5, 0.6) is 0 Å². The minimum Gasteiger partial charge on any atom is -0.324 e. The molecule has 1 nitrogen and oxygen atoms in total. The van der Waals surface area contributed by atoms with Gasteiger partial charge in [-0.25, -0.2) is 4.39 Å². The van der Waals surface area contributed by atoms with Crippen molar-refractivity contribution >= 4 is 15.9 Å². The van der Waals surface area contributed by atoms with Crippen LogP contribution in [0.3, 0.4) is 0 Å². The number of benzene rings is 1. The summed E-state index contributed by atoms with van der Waals surface area (Å²) in [6.07, 6.45) is 0.669. The molecular formula is C11H13BrFN. The molecule has 1 atom stereocenters. The van der Waals surface area contributed by atoms with E-state index in [-0.39, 0.29) is 11.9 Å². The number of hydrogen-bond acceptors (Lipinski definition) is 1. The summed E-state index contributed by atoms with van der Waals surface area (Å²) in [5.41, 5.74) is 7.69. The van der Waals surface area contributed by atoms with E-state index in [1.807, 2.05) is 6.92 Å². The molecule has 2 N–H and O–H groups in total. The van der Waals surface area contributed by atoms with Gasteiger partial charge in [0.15, 0.2) is 0 Å². The van der Waals surface area contributed by atoms with Gasteiger partial charge in [-0.3, -0.25) is 0 Å². The Morgan fingerprint density at radius 1 is 1.64 bits per heavy atom. The standard InChI is InChI=1S/C11H13BrFN/c1-7(2)5-11(14)9-6-8(13)3-4-10(9)12/h3-4,6,11H,1,5,14H2,2H3/t11-/m1/s1. The molecule has 3 heteroatoms. The van der Waals surface area contributed by atoms with Crippen LogP contribution in [0.4, 0.5) is 4.39 Å². The zero-order valence-electron chi connectivity index (χ0n) is 8.06. The summed E-state index contributed by atoms with van der Waals surface area (Å²) in [5.74, 6) is -0.264. The van der Waals surface area contributed by atoms with Crippen molar-refractivity contribution in [1.29, 1.82) is 0 Å². The molecule has 0 radical (unpaired) electrons. The van der Waals surface area contributed by atoms with E-state index in [0.29, 0.717) is 6.42 Å². The molecule has 0 spiro atoms. The van der Waals surface area contributed by atoms with E-state index in [4.69, 9.17) is 5.73 Å². The summed E-state index contributed by atoms with van der Waals surface area (Å²) < 4.78 is 13.8. The highest BCUT2D eigenvalue weighted by Crippen LogP contribution is 2.26. The van der Waals surface area contributed by atoms with Crippen molar-refractivity contribution in [3.8, 4) is 0 Å². The van der Waals surface area contributed by atoms with Gasteiger partial charge in [0.25, 0.3) is 0 Å². The summed E-state index contributed by atoms with van der Waals surface area (Å²) in [4.78, 5) is 0. The Hall–Kier alpha value is -0.670. The van der Waals surface area contributed by atoms with Crippen LogP contribution in [0, 0.1) is 5.82 Å². The molecule has 76 valence electrons. The van der Waals surface area contributed by atoms with Gasteiger partial charge in [-0.2, -0.15) is 0 Å². The highest BCUT2D eigenvalue weighted by atomic mass is 79.9. The number of nitrogens with two attached hydrogens (primary N) is 1. The van der Waals surface area contributed by atoms with Gasteiger partial charge >= 0.3 is 0 Å². The third-order valence-electron chi connectivity index (χ3n) is 1.93. The molecule has 1 aromatic rings. The largest absolute Gasteiger partial charge is 0.324 e. The Morgan fingerprint density at radius 3 is 2.86 bits per heavy atom. The van der Waals surface area contributed by atoms with Crippen molar-refractivity contribution in [3.05, 3.63) is 46.2 Å². The van der Waals surface area contributed by atoms with Crippen LogP contribution in [0.1, 0.15) is 24.9 Å². The lowest BCUT2D eigenvalue weighted by atomic mass is 10.0. The molecule has 0 fully saturated rings. The number of halogens is 2. The molecule has 14 heavy (non-hydrogen) atoms. The van der Waals surface area contributed by atoms with Gasteiger partial charge in [0, 0.05) is 10.5 Å². The first-order valence-electron chi connectivity index (χ1n) is 4.35. The van der Waals surface area contributed by atoms with Crippen molar-refractivity contribution in [2.24, 2.45) is 5.73 Å². The first-order chi connectivity index (χ1) is 6.50. The zero-order valence-corrected chi connectivity index (χ0v) is 9.64. The third kappa shape index (κ3) is 2.93. The molecule has 1 aromatic carbocycles. The highest BCUT2D eigenvalue weighted by molar-refractivity contribution is 9.10. The predicted molar refractivity (Wildman–Crippen MR) is 60.5 cm³/mol. The molecule has 0 amide bonds. The first kappa shape index (κ1) is 11.4. The van der Waals surface area contributed by atoms with Crippen molar-refractivity contribution in [2.45, 2.75) is 19.4 Å². The smallest absolute Gasteiger partial charge is 0.123 e. The minimum atomic E-state index is -0.264. The van der Waals surface area contributed by atoms with Crippen LogP contribution in [-0.2, 0) is 0 Å². The lowest BCUT2D eigenvalue weighted by Gasteiger charge is -2.13. The fraction of sp³-hybridized carbons (Fsp3) is 0.273. The molecule has 0 bridgehead atoms. The van der Waals surface area contributed by atoms with E-state index in [2.05, 4.69) is 22.5 Å². The summed E-state index contributed by atoms with van der Waals surface area (Å²) in [6, 6.07) is 4.33. The van der Waals surface area contributed by atoms with Gasteiger partial charge in [-0.05, 0) is 37.1 Å². The molecule has 0 heterocycles. The maximum absolute atomic E-state index is 12.9. The third-order valence-corrected chi connectivity index (χ3v) is 2.65. The molecule has 0 aliphatic carbocycles. The lowest BCUT2D eigenvalue weighted by molar-refractivity contribution is 0.617. The second-order valence-electron chi connectivity index (χ2n) is 3.43. The van der Waals surface area contributed by atoms with E-state index in [1.54, 1.807) is 6.07 Å². The quantitative estimate of drug-likeness (QED) is 0.824. The maximum atomic E-state index is 12.9. The second kappa shape index (κ2) is 4.71. The van der Waals surface area contributed by atoms with E-state index < -0.39 is 0 Å². The summed E-state index contributed by atoms with van der Waals surface area (Å²) >= 11 is 3.34. The molecule has 0 aliphatic heterocycles. The molecule has 0 unspecified atom stereocenters. The monoisotopic (exact) mass is 257 g/mol. The van der Waals surface area contributed by atoms with Gasteiger partial charge in [0.1, 0.15) is 5.82 Å². The molecule has 0 saturated heterocycles. The minimum absolute atomic E-state index is 0.197. The van der Waals surface area contributed by atoms with Crippen molar-refractivity contribution in [2.75, 3.05) is 0 Å². The predicted octanol–water partition coefficient (Wildman–Crippen LogP) is 3.55. The Kier molecular flexibility index (Phi) is 3.84. The van der Waals surface area contributed by atoms with Gasteiger partial charge in [0.05, 0.1) is 0 Å². The Balaban J connectivity index is 2.93. The van der Waals surface area contributed by atoms with Crippen LogP contribution in [0.15, 0.2) is 34.8 Å². The van der Waals surface area contributed by atoms with Gasteiger partial charge in [-0.1, -0.05) is 21.5 Å². The van der Waals surface area contributed by atoms with E-state index in [9.17, 15) is 4.39 Å². The average Bonchev–Trinajstić information content (AvgIpc) is 2.08. The Labute approximate surface area is 91.9 Å². The van der Waals surface area contributed by atoms with Gasteiger partial charge < -0.3 is 5.73 Å². The van der Waals surface area contributed by atoms with Gasteiger partial charge in [-0.15, -0.1) is 6.58 Å². The van der Waals surface area contributed by atoms with Gasteiger partial charge in [0.2, 0.25) is 0 Å². The van der Waals surface area contributed by atoms with Crippen LogP contribution >= 0.6 is 15.9 Å². The summed E-state index contributed by atoms with van der Waals surface area (Å²) in [5, 5.41) is 0. The highest BCUT2D eigenvalue weighted by Gasteiger charge is 2.10. The van der Waals surface area contributed by atoms with E-state index in [1.165, 1.54) is 12.1 Å². The maximum Gasteiger partial charge on any atom is 0.123 e. The topological polar surface area (TPSA) is 26.0 Å². The molecule has 0 aliphatic rings. The molecule has 1 rings (SSSR count). The Bertz CT molecular complexity index is 349. The van der Waals surface area contributed by atoms with E-state index >= 15 is 0 Å². The molecule has 0 saturated carbocycles. The average molecular weight is 258 g/mol. The fourth-order valence-electron chi connectivity index (χ4n) is 1.28. The first-order valence-corrected chi connectivity index (χ1v) is 5.15. The summed E-state index contributed by atoms with van der Waals surface area (Å²) in [7, 11) is 0. The second-order valence-corrected chi connectivity index (χ2v) is 4.29. The normalized spacial score (nSPS) is 12.6. The van der Waals surface area contributed by atoms with E-state index in [0.717, 1.165) is 15.6 Å². The van der Waals surface area contributed by atoms with Crippen LogP contribution in [-0.4, -0.2) is 0 Å². The van der Waals surface area contributed by atoms with Crippen LogP contribution in [0.2, 0.25) is 0 Å². The lowest BCUT2D eigenvalue weighted by Crippen LogP contribution is -2.11. The summed E-state index contributed by atoms with van der Waals surface area (Å²) in [6.45, 7) is 5.69. The zero-order chi connectivity index (χ0) is 10.7. The van der Waals surface area contributed by atoms with Crippen molar-refractivity contribution in [1.82, 2.24) is 0 Å². The number of rotatable bonds is 3. The van der Waals surface area contributed by atoms with Crippen molar-refractivity contribution < 1.29 is 4.39 Å². The van der Waals surface area contributed by atoms with Crippen LogP contribution in [0.25, 0.3) is 0 Å². The van der Waals surface area contributed by atoms with Crippen LogP contribution < -0.4 is 5.73 Å². The molecular weight excluding hydrogens is 245 g/mol. The SMILES string of the molecule is C=C(C)C[C@@H](N)c1cc(F)ccc1Br. The Morgan fingerprint density at radius 2 is 2.29 bits per heavy atom.